The van der Waals surface area contributed by atoms with Gasteiger partial charge in [0, 0.05) is 30.0 Å². The summed E-state index contributed by atoms with van der Waals surface area (Å²) in [6, 6.07) is 12.5. The van der Waals surface area contributed by atoms with Crippen molar-refractivity contribution in [3.05, 3.63) is 92.0 Å². The topological polar surface area (TPSA) is 104 Å². The second-order valence-corrected chi connectivity index (χ2v) is 5.74. The minimum atomic E-state index is -0.646. The molecule has 0 saturated carbocycles. The molecule has 3 aromatic rings. The second kappa shape index (κ2) is 7.61. The van der Waals surface area contributed by atoms with Gasteiger partial charge in [-0.15, -0.1) is 0 Å². The maximum Gasteiger partial charge on any atom is 0.331 e. The highest BCUT2D eigenvalue weighted by Crippen LogP contribution is 2.14. The van der Waals surface area contributed by atoms with Crippen LogP contribution in [0.25, 0.3) is 11.7 Å². The van der Waals surface area contributed by atoms with Crippen molar-refractivity contribution in [3.63, 3.8) is 0 Å². The molecule has 3 rings (SSSR count). The van der Waals surface area contributed by atoms with E-state index in [4.69, 9.17) is 4.74 Å². The molecule has 0 aliphatic carbocycles. The summed E-state index contributed by atoms with van der Waals surface area (Å²) in [5.41, 5.74) is 1.74. The molecule has 0 unspecified atom stereocenters. The third kappa shape index (κ3) is 4.24. The Balaban J connectivity index is 1.69. The van der Waals surface area contributed by atoms with E-state index in [0.717, 1.165) is 11.8 Å². The molecule has 0 amide bonds. The number of carbonyl (C=O) groups excluding carboxylic acids is 1. The Morgan fingerprint density at radius 2 is 2.04 bits per heavy atom. The van der Waals surface area contributed by atoms with E-state index in [-0.39, 0.29) is 17.9 Å². The smallest absolute Gasteiger partial charge is 0.331 e. The summed E-state index contributed by atoms with van der Waals surface area (Å²) in [7, 11) is 0. The first-order chi connectivity index (χ1) is 12.9. The van der Waals surface area contributed by atoms with E-state index in [2.05, 4.69) is 4.98 Å². The van der Waals surface area contributed by atoms with E-state index < -0.39 is 10.9 Å². The molecule has 2 heterocycles. The van der Waals surface area contributed by atoms with Gasteiger partial charge >= 0.3 is 5.97 Å². The van der Waals surface area contributed by atoms with Gasteiger partial charge in [0.05, 0.1) is 10.6 Å². The normalized spacial score (nSPS) is 11.0. The van der Waals surface area contributed by atoms with Gasteiger partial charge in [-0.25, -0.2) is 9.78 Å². The molecule has 0 saturated heterocycles. The molecule has 0 radical (unpaired) electrons. The Kier molecular flexibility index (Phi) is 5.07. The molecule has 2 aromatic heterocycles. The fraction of sp³-hybridized carbons (Fsp3) is 0.105. The number of aromatic nitrogens is 2. The molecule has 8 nitrogen and oxygen atoms in total. The molecule has 136 valence electrons. The first-order valence-corrected chi connectivity index (χ1v) is 8.01. The van der Waals surface area contributed by atoms with Gasteiger partial charge in [-0.3, -0.25) is 19.3 Å². The zero-order valence-corrected chi connectivity index (χ0v) is 14.4. The maximum atomic E-state index is 12.2. The average Bonchev–Trinajstić information content (AvgIpc) is 2.64. The number of ether oxygens (including phenoxy) is 1. The van der Waals surface area contributed by atoms with E-state index in [1.54, 1.807) is 31.2 Å². The average molecular weight is 365 g/mol. The van der Waals surface area contributed by atoms with Crippen LogP contribution in [0.15, 0.2) is 59.4 Å². The van der Waals surface area contributed by atoms with Crippen LogP contribution in [0, 0.1) is 17.0 Å². The molecule has 0 bridgehead atoms. The zero-order chi connectivity index (χ0) is 19.4. The summed E-state index contributed by atoms with van der Waals surface area (Å²) < 4.78 is 6.56. The number of hydrogen-bond acceptors (Lipinski definition) is 6. The molecule has 0 spiro atoms. The molecule has 0 aliphatic heterocycles. The number of nitro benzene ring substituents is 1. The fourth-order valence-electron chi connectivity index (χ4n) is 2.54. The van der Waals surface area contributed by atoms with Crippen molar-refractivity contribution in [2.24, 2.45) is 0 Å². The first-order valence-electron chi connectivity index (χ1n) is 8.01. The van der Waals surface area contributed by atoms with Crippen molar-refractivity contribution in [2.75, 3.05) is 0 Å². The molecule has 27 heavy (non-hydrogen) atoms. The number of rotatable bonds is 5. The highest BCUT2D eigenvalue weighted by Gasteiger charge is 2.07. The number of carbonyl (C=O) groups is 1. The van der Waals surface area contributed by atoms with Crippen LogP contribution in [0.2, 0.25) is 0 Å². The third-order valence-corrected chi connectivity index (χ3v) is 3.79. The molecular weight excluding hydrogens is 350 g/mol. The number of esters is 1. The van der Waals surface area contributed by atoms with Crippen LogP contribution in [0.5, 0.6) is 0 Å². The molecule has 0 N–H and O–H groups in total. The summed E-state index contributed by atoms with van der Waals surface area (Å²) in [5, 5.41) is 10.7. The quantitative estimate of drug-likeness (QED) is 0.298. The zero-order valence-electron chi connectivity index (χ0n) is 14.4. The number of hydrogen-bond donors (Lipinski definition) is 0. The van der Waals surface area contributed by atoms with Crippen molar-refractivity contribution in [1.29, 1.82) is 0 Å². The van der Waals surface area contributed by atoms with Gasteiger partial charge in [-0.1, -0.05) is 18.2 Å². The van der Waals surface area contributed by atoms with E-state index in [1.165, 1.54) is 34.7 Å². The summed E-state index contributed by atoms with van der Waals surface area (Å²) in [6.07, 6.45) is 2.58. The van der Waals surface area contributed by atoms with Gasteiger partial charge in [-0.05, 0) is 30.7 Å². The molecule has 1 aromatic carbocycles. The number of nitro groups is 1. The number of nitrogens with zero attached hydrogens (tertiary/aromatic N) is 3. The number of fused-ring (bicyclic) bond motifs is 1. The lowest BCUT2D eigenvalue weighted by atomic mass is 10.2. The largest absolute Gasteiger partial charge is 0.456 e. The highest BCUT2D eigenvalue weighted by atomic mass is 16.6. The van der Waals surface area contributed by atoms with Crippen LogP contribution in [0.4, 0.5) is 5.69 Å². The number of pyridine rings is 1. The van der Waals surface area contributed by atoms with Crippen molar-refractivity contribution < 1.29 is 14.5 Å². The molecule has 8 heteroatoms. The summed E-state index contributed by atoms with van der Waals surface area (Å²) in [6.45, 7) is 1.65. The summed E-state index contributed by atoms with van der Waals surface area (Å²) in [5.74, 6) is -0.646. The van der Waals surface area contributed by atoms with Gasteiger partial charge in [0.25, 0.3) is 11.2 Å². The van der Waals surface area contributed by atoms with Crippen molar-refractivity contribution in [2.45, 2.75) is 13.5 Å². The Hall–Kier alpha value is -3.81. The van der Waals surface area contributed by atoms with Gasteiger partial charge in [0.2, 0.25) is 0 Å². The minimum absolute atomic E-state index is 0.0679. The lowest BCUT2D eigenvalue weighted by Gasteiger charge is -2.06. The molecule has 0 fully saturated rings. The lowest BCUT2D eigenvalue weighted by Crippen LogP contribution is -2.18. The Labute approximate surface area is 153 Å². The monoisotopic (exact) mass is 365 g/mol. The van der Waals surface area contributed by atoms with Crippen molar-refractivity contribution in [1.82, 2.24) is 9.38 Å². The van der Waals surface area contributed by atoms with Gasteiger partial charge in [0.1, 0.15) is 12.3 Å². The predicted molar refractivity (Wildman–Crippen MR) is 98.1 cm³/mol. The Bertz CT molecular complexity index is 1120. The van der Waals surface area contributed by atoms with Crippen LogP contribution in [-0.4, -0.2) is 20.3 Å². The summed E-state index contributed by atoms with van der Waals surface area (Å²) >= 11 is 0. The van der Waals surface area contributed by atoms with Crippen molar-refractivity contribution in [3.8, 4) is 0 Å². The van der Waals surface area contributed by atoms with Crippen LogP contribution >= 0.6 is 0 Å². The van der Waals surface area contributed by atoms with E-state index in [1.807, 2.05) is 0 Å². The van der Waals surface area contributed by atoms with Gasteiger partial charge in [-0.2, -0.15) is 0 Å². The van der Waals surface area contributed by atoms with Crippen molar-refractivity contribution >= 4 is 23.4 Å². The molecular formula is C19H15N3O5. The standard InChI is InChI=1S/C19H15N3O5/c1-13-4-2-7-17-20-15(11-18(23)21(13)17)12-27-19(24)9-8-14-5-3-6-16(10-14)22(25)26/h2-11H,12H2,1H3/b9-8+. The minimum Gasteiger partial charge on any atom is -0.456 e. The Morgan fingerprint density at radius 3 is 2.81 bits per heavy atom. The second-order valence-electron chi connectivity index (χ2n) is 5.74. The van der Waals surface area contributed by atoms with Crippen LogP contribution in [0.3, 0.4) is 0 Å². The Morgan fingerprint density at radius 1 is 1.26 bits per heavy atom. The molecule has 0 atom stereocenters. The highest BCUT2D eigenvalue weighted by molar-refractivity contribution is 5.87. The SMILES string of the molecule is Cc1cccc2nc(COC(=O)/C=C/c3cccc([N+](=O)[O-])c3)cc(=O)n12. The summed E-state index contributed by atoms with van der Waals surface area (Å²) in [4.78, 5) is 38.6. The molecule has 0 aliphatic rings. The number of aryl methyl sites for hydroxylation is 1. The van der Waals surface area contributed by atoms with Crippen LogP contribution in [0.1, 0.15) is 17.0 Å². The van der Waals surface area contributed by atoms with Crippen LogP contribution < -0.4 is 5.56 Å². The lowest BCUT2D eigenvalue weighted by molar-refractivity contribution is -0.384. The van der Waals surface area contributed by atoms with E-state index >= 15 is 0 Å². The third-order valence-electron chi connectivity index (χ3n) is 3.79. The van der Waals surface area contributed by atoms with E-state index in [0.29, 0.717) is 16.9 Å². The number of benzene rings is 1. The van der Waals surface area contributed by atoms with Gasteiger partial charge in [0.15, 0.2) is 0 Å². The first kappa shape index (κ1) is 18.0. The van der Waals surface area contributed by atoms with E-state index in [9.17, 15) is 19.7 Å². The fourth-order valence-corrected chi connectivity index (χ4v) is 2.54. The maximum absolute atomic E-state index is 12.2. The number of non-ortho nitro benzene ring substituents is 1. The van der Waals surface area contributed by atoms with Crippen LogP contribution in [-0.2, 0) is 16.1 Å². The predicted octanol–water partition coefficient (Wildman–Crippen LogP) is 2.67. The van der Waals surface area contributed by atoms with Gasteiger partial charge < -0.3 is 4.74 Å².